The fourth-order valence-corrected chi connectivity index (χ4v) is 2.70. The lowest BCUT2D eigenvalue weighted by molar-refractivity contribution is 0.681. The molecule has 0 saturated carbocycles. The Morgan fingerprint density at radius 3 is 2.94 bits per heavy atom. The molecule has 0 aliphatic carbocycles. The van der Waals surface area contributed by atoms with E-state index < -0.39 is 0 Å². The minimum atomic E-state index is 0.745. The van der Waals surface area contributed by atoms with Crippen molar-refractivity contribution < 1.29 is 0 Å². The molecule has 2 aromatic rings. The highest BCUT2D eigenvalue weighted by Gasteiger charge is 2.02. The third kappa shape index (κ3) is 3.78. The molecule has 0 saturated heterocycles. The van der Waals surface area contributed by atoms with E-state index in [9.17, 15) is 0 Å². The monoisotopic (exact) mass is 330 g/mol. The van der Waals surface area contributed by atoms with Crippen molar-refractivity contribution in [1.82, 2.24) is 10.3 Å². The van der Waals surface area contributed by atoms with E-state index in [1.165, 1.54) is 0 Å². The Balaban J connectivity index is 1.91. The second-order valence-electron chi connectivity index (χ2n) is 3.70. The number of thiazole rings is 1. The van der Waals surface area contributed by atoms with Gasteiger partial charge in [-0.3, -0.25) is 0 Å². The van der Waals surface area contributed by atoms with Gasteiger partial charge in [-0.2, -0.15) is 0 Å². The third-order valence-electron chi connectivity index (χ3n) is 2.30. The Bertz CT molecular complexity index is 513. The summed E-state index contributed by atoms with van der Waals surface area (Å²) < 4.78 is 1.04. The summed E-state index contributed by atoms with van der Waals surface area (Å²) in [6.45, 7) is 3.53. The van der Waals surface area contributed by atoms with Crippen molar-refractivity contribution in [3.05, 3.63) is 49.3 Å². The molecule has 0 unspecified atom stereocenters. The summed E-state index contributed by atoms with van der Waals surface area (Å²) in [7, 11) is 0. The van der Waals surface area contributed by atoms with Crippen molar-refractivity contribution >= 4 is 38.9 Å². The average Bonchev–Trinajstić information content (AvgIpc) is 2.69. The van der Waals surface area contributed by atoms with Crippen molar-refractivity contribution in [2.75, 3.05) is 0 Å². The van der Waals surface area contributed by atoms with Gasteiger partial charge in [-0.25, -0.2) is 4.98 Å². The van der Waals surface area contributed by atoms with E-state index in [-0.39, 0.29) is 0 Å². The maximum absolute atomic E-state index is 6.11. The van der Waals surface area contributed by atoms with E-state index in [4.69, 9.17) is 11.6 Å². The van der Waals surface area contributed by atoms with Gasteiger partial charge in [-0.05, 0) is 30.7 Å². The number of rotatable bonds is 4. The molecule has 1 heterocycles. The van der Waals surface area contributed by atoms with Gasteiger partial charge in [0.15, 0.2) is 0 Å². The molecule has 0 aliphatic heterocycles. The molecule has 17 heavy (non-hydrogen) atoms. The molecule has 0 radical (unpaired) electrons. The zero-order chi connectivity index (χ0) is 12.3. The van der Waals surface area contributed by atoms with Crippen LogP contribution in [0.4, 0.5) is 0 Å². The zero-order valence-corrected chi connectivity index (χ0v) is 12.5. The molecule has 1 aromatic heterocycles. The van der Waals surface area contributed by atoms with Crippen molar-refractivity contribution in [3.8, 4) is 0 Å². The van der Waals surface area contributed by atoms with Gasteiger partial charge in [0.05, 0.1) is 10.7 Å². The summed E-state index contributed by atoms with van der Waals surface area (Å²) in [6.07, 6.45) is 0. The number of halogens is 2. The second-order valence-corrected chi connectivity index (χ2v) is 6.08. The van der Waals surface area contributed by atoms with Gasteiger partial charge in [0.1, 0.15) is 0 Å². The normalized spacial score (nSPS) is 10.8. The van der Waals surface area contributed by atoms with Crippen molar-refractivity contribution in [2.24, 2.45) is 0 Å². The minimum Gasteiger partial charge on any atom is -0.307 e. The van der Waals surface area contributed by atoms with E-state index in [0.717, 1.165) is 38.8 Å². The van der Waals surface area contributed by atoms with Gasteiger partial charge in [0.2, 0.25) is 0 Å². The molecular weight excluding hydrogens is 320 g/mol. The van der Waals surface area contributed by atoms with Gasteiger partial charge in [0.25, 0.3) is 0 Å². The maximum atomic E-state index is 6.11. The van der Waals surface area contributed by atoms with Gasteiger partial charge in [0, 0.05) is 28.0 Å². The van der Waals surface area contributed by atoms with Crippen molar-refractivity contribution in [2.45, 2.75) is 20.0 Å². The Morgan fingerprint density at radius 2 is 2.24 bits per heavy atom. The summed E-state index contributed by atoms with van der Waals surface area (Å²) in [4.78, 5) is 4.40. The van der Waals surface area contributed by atoms with E-state index in [1.807, 2.05) is 25.1 Å². The summed E-state index contributed by atoms with van der Waals surface area (Å²) >= 11 is 11.2. The van der Waals surface area contributed by atoms with Crippen LogP contribution in [-0.2, 0) is 13.1 Å². The highest BCUT2D eigenvalue weighted by Crippen LogP contribution is 2.20. The molecule has 90 valence electrons. The molecule has 0 aliphatic rings. The predicted octanol–water partition coefficient (Wildman–Crippen LogP) is 4.16. The van der Waals surface area contributed by atoms with E-state index >= 15 is 0 Å². The lowest BCUT2D eigenvalue weighted by Crippen LogP contribution is -2.13. The number of aryl methyl sites for hydroxylation is 1. The third-order valence-corrected chi connectivity index (χ3v) is 3.98. The van der Waals surface area contributed by atoms with Crippen LogP contribution >= 0.6 is 38.9 Å². The summed E-state index contributed by atoms with van der Waals surface area (Å²) in [5.41, 5.74) is 2.17. The molecule has 1 N–H and O–H groups in total. The van der Waals surface area contributed by atoms with Gasteiger partial charge < -0.3 is 5.32 Å². The van der Waals surface area contributed by atoms with Crippen LogP contribution in [0.2, 0.25) is 5.02 Å². The summed E-state index contributed by atoms with van der Waals surface area (Å²) in [6, 6.07) is 5.87. The summed E-state index contributed by atoms with van der Waals surface area (Å²) in [5.74, 6) is 0. The fraction of sp³-hybridized carbons (Fsp3) is 0.250. The van der Waals surface area contributed by atoms with Crippen LogP contribution in [0.3, 0.4) is 0 Å². The highest BCUT2D eigenvalue weighted by atomic mass is 79.9. The minimum absolute atomic E-state index is 0.745. The van der Waals surface area contributed by atoms with Crippen LogP contribution in [0.25, 0.3) is 0 Å². The molecule has 0 amide bonds. The molecular formula is C12H12BrClN2S. The molecule has 0 bridgehead atoms. The summed E-state index contributed by atoms with van der Waals surface area (Å²) in [5, 5.41) is 7.30. The Kier molecular flexibility index (Phi) is 4.56. The van der Waals surface area contributed by atoms with Gasteiger partial charge in [-0.1, -0.05) is 27.5 Å². The van der Waals surface area contributed by atoms with Gasteiger partial charge >= 0.3 is 0 Å². The molecule has 0 atom stereocenters. The largest absolute Gasteiger partial charge is 0.307 e. The molecule has 2 rings (SSSR count). The lowest BCUT2D eigenvalue weighted by atomic mass is 10.2. The first-order valence-electron chi connectivity index (χ1n) is 5.21. The van der Waals surface area contributed by atoms with E-state index in [2.05, 4.69) is 31.6 Å². The smallest absolute Gasteiger partial charge is 0.0897 e. The first kappa shape index (κ1) is 13.0. The molecule has 2 nitrogen and oxygen atoms in total. The van der Waals surface area contributed by atoms with Crippen LogP contribution < -0.4 is 5.32 Å². The maximum Gasteiger partial charge on any atom is 0.0897 e. The lowest BCUT2D eigenvalue weighted by Gasteiger charge is -2.06. The molecule has 1 aromatic carbocycles. The second kappa shape index (κ2) is 5.96. The first-order chi connectivity index (χ1) is 8.15. The fourth-order valence-electron chi connectivity index (χ4n) is 1.49. The van der Waals surface area contributed by atoms with Crippen LogP contribution in [0, 0.1) is 6.92 Å². The van der Waals surface area contributed by atoms with Crippen LogP contribution in [-0.4, -0.2) is 4.98 Å². The predicted molar refractivity (Wildman–Crippen MR) is 76.5 cm³/mol. The number of hydrogen-bond donors (Lipinski definition) is 1. The number of aromatic nitrogens is 1. The van der Waals surface area contributed by atoms with Crippen molar-refractivity contribution in [1.29, 1.82) is 0 Å². The Labute approximate surface area is 118 Å². The van der Waals surface area contributed by atoms with Crippen LogP contribution in [0.5, 0.6) is 0 Å². The number of benzene rings is 1. The first-order valence-corrected chi connectivity index (χ1v) is 7.26. The van der Waals surface area contributed by atoms with Crippen LogP contribution in [0.15, 0.2) is 28.1 Å². The standard InChI is InChI=1S/C12H12BrClN2S/c1-8-16-11(7-17-8)6-15-5-9-4-10(13)2-3-12(9)14/h2-4,7,15H,5-6H2,1H3. The topological polar surface area (TPSA) is 24.9 Å². The molecule has 5 heteroatoms. The van der Waals surface area contributed by atoms with Crippen LogP contribution in [0.1, 0.15) is 16.3 Å². The molecule has 0 fully saturated rings. The van der Waals surface area contributed by atoms with Crippen molar-refractivity contribution in [3.63, 3.8) is 0 Å². The Morgan fingerprint density at radius 1 is 1.41 bits per heavy atom. The SMILES string of the molecule is Cc1nc(CNCc2cc(Br)ccc2Cl)cs1. The highest BCUT2D eigenvalue weighted by molar-refractivity contribution is 9.10. The van der Waals surface area contributed by atoms with Gasteiger partial charge in [-0.15, -0.1) is 11.3 Å². The number of hydrogen-bond acceptors (Lipinski definition) is 3. The zero-order valence-electron chi connectivity index (χ0n) is 9.34. The van der Waals surface area contributed by atoms with E-state index in [1.54, 1.807) is 11.3 Å². The number of nitrogens with zero attached hydrogens (tertiary/aromatic N) is 1. The Hall–Kier alpha value is -0.420. The average molecular weight is 332 g/mol. The quantitative estimate of drug-likeness (QED) is 0.910. The number of nitrogens with one attached hydrogen (secondary N) is 1. The van der Waals surface area contributed by atoms with E-state index in [0.29, 0.717) is 0 Å². The molecule has 0 spiro atoms.